The van der Waals surface area contributed by atoms with E-state index >= 15 is 0 Å². The monoisotopic (exact) mass is 556 g/mol. The van der Waals surface area contributed by atoms with Crippen LogP contribution in [-0.2, 0) is 0 Å². The summed E-state index contributed by atoms with van der Waals surface area (Å²) in [6, 6.07) is 62.3. The van der Waals surface area contributed by atoms with Crippen molar-refractivity contribution in [2.75, 3.05) is 0 Å². The van der Waals surface area contributed by atoms with E-state index < -0.39 is 0 Å². The van der Waals surface area contributed by atoms with Crippen molar-refractivity contribution in [3.8, 4) is 33.4 Å². The topological polar surface area (TPSA) is 0 Å². The molecule has 9 aromatic rings. The highest BCUT2D eigenvalue weighted by Crippen LogP contribution is 2.43. The maximum atomic E-state index is 2.42. The van der Waals surface area contributed by atoms with Crippen molar-refractivity contribution in [2.24, 2.45) is 0 Å². The predicted molar refractivity (Wildman–Crippen MR) is 190 cm³/mol. The van der Waals surface area contributed by atoms with E-state index in [-0.39, 0.29) is 0 Å². The van der Waals surface area contributed by atoms with Crippen LogP contribution in [0.4, 0.5) is 0 Å². The lowest BCUT2D eigenvalue weighted by Crippen LogP contribution is -1.90. The van der Waals surface area contributed by atoms with Gasteiger partial charge in [-0.3, -0.25) is 0 Å². The van der Waals surface area contributed by atoms with Gasteiger partial charge in [0.2, 0.25) is 0 Å². The molecule has 0 atom stereocenters. The predicted octanol–water partition coefficient (Wildman–Crippen LogP) is 12.5. The zero-order valence-electron chi connectivity index (χ0n) is 24.2. The smallest absolute Gasteiger partial charge is 0.00259 e. The van der Waals surface area contributed by atoms with Gasteiger partial charge in [0.05, 0.1) is 0 Å². The molecule has 0 aliphatic rings. The number of benzene rings is 9. The Morgan fingerprint density at radius 3 is 1.25 bits per heavy atom. The van der Waals surface area contributed by atoms with Crippen molar-refractivity contribution in [1.29, 1.82) is 0 Å². The van der Waals surface area contributed by atoms with Gasteiger partial charge in [0.25, 0.3) is 0 Å². The molecule has 0 heterocycles. The van der Waals surface area contributed by atoms with E-state index in [4.69, 9.17) is 0 Å². The van der Waals surface area contributed by atoms with E-state index in [1.807, 2.05) is 0 Å². The zero-order chi connectivity index (χ0) is 29.0. The molecule has 0 amide bonds. The molecule has 0 unspecified atom stereocenters. The Morgan fingerprint density at radius 2 is 0.636 bits per heavy atom. The summed E-state index contributed by atoms with van der Waals surface area (Å²) in [4.78, 5) is 0. The zero-order valence-corrected chi connectivity index (χ0v) is 24.2. The highest BCUT2D eigenvalue weighted by molar-refractivity contribution is 6.26. The molecule has 0 aliphatic carbocycles. The van der Waals surface area contributed by atoms with Crippen molar-refractivity contribution in [3.05, 3.63) is 170 Å². The second-order valence-corrected chi connectivity index (χ2v) is 11.7. The Balaban J connectivity index is 1.29. The molecule has 0 saturated carbocycles. The highest BCUT2D eigenvalue weighted by Gasteiger charge is 2.16. The summed E-state index contributed by atoms with van der Waals surface area (Å²) in [6.07, 6.45) is 0. The first kappa shape index (κ1) is 24.8. The molecule has 0 fully saturated rings. The first-order chi connectivity index (χ1) is 21.8. The van der Waals surface area contributed by atoms with Crippen LogP contribution < -0.4 is 0 Å². The molecule has 0 saturated heterocycles. The number of hydrogen-bond donors (Lipinski definition) is 0. The minimum atomic E-state index is 1.23. The Hall–Kier alpha value is -5.72. The molecule has 0 spiro atoms. The Bertz CT molecular complexity index is 2520. The van der Waals surface area contributed by atoms with Crippen molar-refractivity contribution < 1.29 is 0 Å². The first-order valence-electron chi connectivity index (χ1n) is 15.3. The van der Waals surface area contributed by atoms with Gasteiger partial charge in [-0.05, 0) is 99.4 Å². The lowest BCUT2D eigenvalue weighted by molar-refractivity contribution is 1.63. The molecule has 0 aliphatic heterocycles. The van der Waals surface area contributed by atoms with E-state index in [1.54, 1.807) is 0 Å². The number of hydrogen-bond acceptors (Lipinski definition) is 0. The normalized spacial score (nSPS) is 11.6. The fraction of sp³-hybridized carbons (Fsp3) is 0. The minimum absolute atomic E-state index is 1.23. The summed E-state index contributed by atoms with van der Waals surface area (Å²) in [5, 5.41) is 12.8. The summed E-state index contributed by atoms with van der Waals surface area (Å²) < 4.78 is 0. The van der Waals surface area contributed by atoms with Crippen molar-refractivity contribution in [1.82, 2.24) is 0 Å². The summed E-state index contributed by atoms with van der Waals surface area (Å²) >= 11 is 0. The van der Waals surface area contributed by atoms with Gasteiger partial charge in [-0.25, -0.2) is 0 Å². The van der Waals surface area contributed by atoms with Gasteiger partial charge in [0.15, 0.2) is 0 Å². The van der Waals surface area contributed by atoms with Crippen molar-refractivity contribution in [3.63, 3.8) is 0 Å². The van der Waals surface area contributed by atoms with Crippen LogP contribution in [0, 0.1) is 0 Å². The fourth-order valence-electron chi connectivity index (χ4n) is 7.21. The quantitative estimate of drug-likeness (QED) is 0.190. The van der Waals surface area contributed by atoms with Gasteiger partial charge in [-0.2, -0.15) is 0 Å². The van der Waals surface area contributed by atoms with Crippen molar-refractivity contribution >= 4 is 53.9 Å². The molecular formula is C44H28. The molecule has 9 rings (SSSR count). The third-order valence-electron chi connectivity index (χ3n) is 9.24. The number of rotatable bonds is 3. The van der Waals surface area contributed by atoms with Crippen LogP contribution in [0.3, 0.4) is 0 Å². The molecular weight excluding hydrogens is 528 g/mol. The Labute approximate surface area is 256 Å². The van der Waals surface area contributed by atoms with Crippen LogP contribution in [0.25, 0.3) is 87.2 Å². The highest BCUT2D eigenvalue weighted by atomic mass is 14.2. The van der Waals surface area contributed by atoms with E-state index in [9.17, 15) is 0 Å². The Morgan fingerprint density at radius 1 is 0.227 bits per heavy atom. The lowest BCUT2D eigenvalue weighted by atomic mass is 9.86. The van der Waals surface area contributed by atoms with Gasteiger partial charge in [-0.1, -0.05) is 158 Å². The van der Waals surface area contributed by atoms with Crippen molar-refractivity contribution in [2.45, 2.75) is 0 Å². The molecule has 0 aromatic heterocycles. The molecule has 0 nitrogen and oxygen atoms in total. The Kier molecular flexibility index (Phi) is 5.61. The van der Waals surface area contributed by atoms with Gasteiger partial charge in [0, 0.05) is 0 Å². The maximum absolute atomic E-state index is 2.42. The minimum Gasteiger partial charge on any atom is -0.0616 e. The average molecular weight is 557 g/mol. The van der Waals surface area contributed by atoms with Crippen LogP contribution in [0.2, 0.25) is 0 Å². The lowest BCUT2D eigenvalue weighted by Gasteiger charge is -2.17. The molecule has 0 radical (unpaired) electrons. The van der Waals surface area contributed by atoms with Crippen LogP contribution >= 0.6 is 0 Å². The second kappa shape index (κ2) is 9.93. The number of fused-ring (bicyclic) bond motifs is 7. The largest absolute Gasteiger partial charge is 0.0616 e. The van der Waals surface area contributed by atoms with E-state index in [0.717, 1.165) is 0 Å². The summed E-state index contributed by atoms with van der Waals surface area (Å²) in [5.41, 5.74) is 7.54. The van der Waals surface area contributed by atoms with Crippen LogP contribution in [0.5, 0.6) is 0 Å². The summed E-state index contributed by atoms with van der Waals surface area (Å²) in [5.74, 6) is 0. The molecule has 9 aromatic carbocycles. The molecule has 0 N–H and O–H groups in total. The van der Waals surface area contributed by atoms with Gasteiger partial charge < -0.3 is 0 Å². The summed E-state index contributed by atoms with van der Waals surface area (Å²) in [7, 11) is 0. The summed E-state index contributed by atoms with van der Waals surface area (Å²) in [6.45, 7) is 0. The van der Waals surface area contributed by atoms with E-state index in [1.165, 1.54) is 87.2 Å². The van der Waals surface area contributed by atoms with E-state index in [2.05, 4.69) is 170 Å². The standard InChI is InChI=1S/C44H28/c1-3-15-34-29(11-1)13-9-21-35(34)31-23-25-32(26-24-31)42-27-33-28-43(37-22-10-14-30-12-2-4-16-36(30)37)39-18-6-8-20-41(39)44(33)40-19-7-5-17-38(40)42/h1-28H. The van der Waals surface area contributed by atoms with Crippen LogP contribution in [-0.4, -0.2) is 0 Å². The van der Waals surface area contributed by atoms with Gasteiger partial charge in [-0.15, -0.1) is 0 Å². The molecule has 44 heavy (non-hydrogen) atoms. The fourth-order valence-corrected chi connectivity index (χ4v) is 7.21. The third kappa shape index (κ3) is 3.85. The molecule has 0 heteroatoms. The van der Waals surface area contributed by atoms with Gasteiger partial charge >= 0.3 is 0 Å². The second-order valence-electron chi connectivity index (χ2n) is 11.7. The maximum Gasteiger partial charge on any atom is -0.00259 e. The SMILES string of the molecule is c1ccc2c(-c3ccc(-c4cc5cc(-c6cccc7ccccc67)c6ccccc6c5c5ccccc45)cc3)cccc2c1. The van der Waals surface area contributed by atoms with Crippen LogP contribution in [0.15, 0.2) is 170 Å². The van der Waals surface area contributed by atoms with Gasteiger partial charge in [0.1, 0.15) is 0 Å². The first-order valence-corrected chi connectivity index (χ1v) is 15.3. The average Bonchev–Trinajstić information content (AvgIpc) is 3.10. The molecule has 0 bridgehead atoms. The third-order valence-corrected chi connectivity index (χ3v) is 9.24. The van der Waals surface area contributed by atoms with E-state index in [0.29, 0.717) is 0 Å². The van der Waals surface area contributed by atoms with Crippen LogP contribution in [0.1, 0.15) is 0 Å². The molecule has 204 valence electrons.